The molecule has 0 fully saturated rings. The summed E-state index contributed by atoms with van der Waals surface area (Å²) in [5.74, 6) is -7.68. The first-order chi connectivity index (χ1) is 14.5. The van der Waals surface area contributed by atoms with Crippen molar-refractivity contribution in [3.63, 3.8) is 0 Å². The predicted octanol–water partition coefficient (Wildman–Crippen LogP) is 3.57. The van der Waals surface area contributed by atoms with Gasteiger partial charge in [0.2, 0.25) is 0 Å². The van der Waals surface area contributed by atoms with Gasteiger partial charge < -0.3 is 15.2 Å². The number of hydrogen-bond acceptors (Lipinski definition) is 5. The molecule has 6 nitrogen and oxygen atoms in total. The van der Waals surface area contributed by atoms with E-state index in [9.17, 15) is 35.9 Å². The normalized spacial score (nSPS) is 14.2. The number of aliphatic hydroxyl groups is 1. The Kier molecular flexibility index (Phi) is 5.93. The number of carbonyl (C=O) groups is 2. The molecule has 1 heterocycles. The van der Waals surface area contributed by atoms with E-state index < -0.39 is 59.1 Å². The molecule has 0 atom stereocenters. The molecule has 164 valence electrons. The highest BCUT2D eigenvalue weighted by Gasteiger charge is 2.34. The topological polar surface area (TPSA) is 78.9 Å². The van der Waals surface area contributed by atoms with Crippen LogP contribution in [0.15, 0.2) is 42.1 Å². The van der Waals surface area contributed by atoms with E-state index in [1.54, 1.807) is 0 Å². The number of rotatable bonds is 6. The van der Waals surface area contributed by atoms with Crippen molar-refractivity contribution in [2.75, 3.05) is 18.5 Å². The highest BCUT2D eigenvalue weighted by Crippen LogP contribution is 2.38. The summed E-state index contributed by atoms with van der Waals surface area (Å²) in [5, 5.41) is 11.4. The first-order valence-corrected chi connectivity index (χ1v) is 8.50. The monoisotopic (exact) mass is 446 g/mol. The van der Waals surface area contributed by atoms with Crippen molar-refractivity contribution in [1.82, 2.24) is 4.90 Å². The lowest BCUT2D eigenvalue weighted by Crippen LogP contribution is -2.34. The summed E-state index contributed by atoms with van der Waals surface area (Å²) in [4.78, 5) is 24.7. The van der Waals surface area contributed by atoms with Crippen LogP contribution in [-0.4, -0.2) is 35.0 Å². The van der Waals surface area contributed by atoms with Gasteiger partial charge in [-0.1, -0.05) is 0 Å². The molecule has 2 N–H and O–H groups in total. The summed E-state index contributed by atoms with van der Waals surface area (Å²) in [6.07, 6.45) is -4.13. The van der Waals surface area contributed by atoms with E-state index in [2.05, 4.69) is 5.32 Å². The molecular formula is C19H12F6N2O4. The average molecular weight is 446 g/mol. The molecule has 0 unspecified atom stereocenters. The maximum absolute atomic E-state index is 14.1. The third-order valence-electron chi connectivity index (χ3n) is 4.08. The number of anilines is 1. The fourth-order valence-electron chi connectivity index (χ4n) is 2.67. The van der Waals surface area contributed by atoms with Crippen LogP contribution in [0.1, 0.15) is 5.56 Å². The summed E-state index contributed by atoms with van der Waals surface area (Å²) < 4.78 is 84.9. The van der Waals surface area contributed by atoms with E-state index in [1.165, 1.54) is 0 Å². The number of imide groups is 1. The van der Waals surface area contributed by atoms with E-state index in [1.807, 2.05) is 0 Å². The first-order valence-electron chi connectivity index (χ1n) is 8.50. The van der Waals surface area contributed by atoms with Gasteiger partial charge in [-0.2, -0.15) is 13.2 Å². The molecule has 1 aliphatic heterocycles. The number of β-amino-alcohol motifs (C(OH)–C–C–N with tert-alkyl or cyclic N) is 1. The molecule has 0 radical (unpaired) electrons. The quantitative estimate of drug-likeness (QED) is 0.524. The van der Waals surface area contributed by atoms with Gasteiger partial charge in [0.15, 0.2) is 23.1 Å². The molecule has 3 rings (SSSR count). The number of halogens is 6. The second-order valence-electron chi connectivity index (χ2n) is 6.21. The largest absolute Gasteiger partial charge is 0.449 e. The van der Waals surface area contributed by atoms with Crippen LogP contribution in [0.25, 0.3) is 0 Å². The number of hydrogen-bond donors (Lipinski definition) is 2. The average Bonchev–Trinajstić information content (AvgIpc) is 2.93. The third kappa shape index (κ3) is 4.63. The van der Waals surface area contributed by atoms with Gasteiger partial charge in [0.05, 0.1) is 24.4 Å². The second-order valence-corrected chi connectivity index (χ2v) is 6.21. The lowest BCUT2D eigenvalue weighted by Gasteiger charge is -2.16. The summed E-state index contributed by atoms with van der Waals surface area (Å²) in [5.41, 5.74) is -2.10. The molecule has 31 heavy (non-hydrogen) atoms. The van der Waals surface area contributed by atoms with Gasteiger partial charge in [-0.25, -0.2) is 13.2 Å². The Morgan fingerprint density at radius 1 is 1.03 bits per heavy atom. The smallest absolute Gasteiger partial charge is 0.416 e. The zero-order chi connectivity index (χ0) is 22.9. The summed E-state index contributed by atoms with van der Waals surface area (Å²) in [6, 6.07) is 2.63. The van der Waals surface area contributed by atoms with E-state index in [0.717, 1.165) is 18.2 Å². The summed E-state index contributed by atoms with van der Waals surface area (Å²) >= 11 is 0. The van der Waals surface area contributed by atoms with E-state index >= 15 is 0 Å². The molecule has 0 aliphatic carbocycles. The molecule has 12 heteroatoms. The SMILES string of the molecule is O=C1C=C(Nc2ccc(F)cc2Oc2c(F)cc(C(F)(F)F)cc2F)C(=O)N1CCO. The van der Waals surface area contributed by atoms with Gasteiger partial charge in [-0.3, -0.25) is 14.5 Å². The summed E-state index contributed by atoms with van der Waals surface area (Å²) in [7, 11) is 0. The van der Waals surface area contributed by atoms with Crippen LogP contribution in [0.4, 0.5) is 32.0 Å². The molecule has 1 aliphatic rings. The van der Waals surface area contributed by atoms with Crippen molar-refractivity contribution in [1.29, 1.82) is 0 Å². The number of aliphatic hydroxyl groups excluding tert-OH is 1. The van der Waals surface area contributed by atoms with Crippen LogP contribution in [0.3, 0.4) is 0 Å². The van der Waals surface area contributed by atoms with Crippen molar-refractivity contribution < 1.29 is 45.8 Å². The number of nitrogens with one attached hydrogen (secondary N) is 1. The Hall–Kier alpha value is -3.54. The fourth-order valence-corrected chi connectivity index (χ4v) is 2.67. The Bertz CT molecular complexity index is 1060. The van der Waals surface area contributed by atoms with Gasteiger partial charge in [0, 0.05) is 12.1 Å². The minimum absolute atomic E-state index is 0.0132. The van der Waals surface area contributed by atoms with Crippen LogP contribution in [0.2, 0.25) is 0 Å². The Labute approximate surface area is 170 Å². The molecule has 0 spiro atoms. The van der Waals surface area contributed by atoms with Crippen LogP contribution >= 0.6 is 0 Å². The maximum atomic E-state index is 14.1. The van der Waals surface area contributed by atoms with Gasteiger partial charge in [-0.05, 0) is 24.3 Å². The van der Waals surface area contributed by atoms with Gasteiger partial charge in [0.25, 0.3) is 11.8 Å². The van der Waals surface area contributed by atoms with Gasteiger partial charge in [0.1, 0.15) is 11.5 Å². The van der Waals surface area contributed by atoms with Crippen molar-refractivity contribution >= 4 is 17.5 Å². The number of nitrogens with zero attached hydrogens (tertiary/aromatic N) is 1. The van der Waals surface area contributed by atoms with Gasteiger partial charge in [-0.15, -0.1) is 0 Å². The van der Waals surface area contributed by atoms with Crippen molar-refractivity contribution in [2.45, 2.75) is 6.18 Å². The predicted molar refractivity (Wildman–Crippen MR) is 93.3 cm³/mol. The van der Waals surface area contributed by atoms with E-state index in [-0.39, 0.29) is 30.1 Å². The third-order valence-corrected chi connectivity index (χ3v) is 4.08. The molecule has 0 saturated heterocycles. The van der Waals surface area contributed by atoms with Crippen LogP contribution in [0, 0.1) is 17.5 Å². The fraction of sp³-hybridized carbons (Fsp3) is 0.158. The molecule has 0 aromatic heterocycles. The Balaban J connectivity index is 1.93. The number of alkyl halides is 3. The highest BCUT2D eigenvalue weighted by atomic mass is 19.4. The zero-order valence-corrected chi connectivity index (χ0v) is 15.3. The maximum Gasteiger partial charge on any atom is 0.416 e. The Morgan fingerprint density at radius 3 is 2.26 bits per heavy atom. The zero-order valence-electron chi connectivity index (χ0n) is 15.3. The van der Waals surface area contributed by atoms with Crippen LogP contribution < -0.4 is 10.1 Å². The lowest BCUT2D eigenvalue weighted by molar-refractivity contribution is -0.138. The molecule has 2 amide bonds. The first kappa shape index (κ1) is 22.2. The van der Waals surface area contributed by atoms with Crippen molar-refractivity contribution in [3.05, 3.63) is 65.1 Å². The molecule has 2 aromatic rings. The number of carbonyl (C=O) groups excluding carboxylic acids is 2. The summed E-state index contributed by atoms with van der Waals surface area (Å²) in [6.45, 7) is -0.774. The molecule has 0 bridgehead atoms. The Morgan fingerprint density at radius 2 is 1.68 bits per heavy atom. The minimum Gasteiger partial charge on any atom is -0.449 e. The number of benzene rings is 2. The van der Waals surface area contributed by atoms with Crippen LogP contribution in [0.5, 0.6) is 11.5 Å². The van der Waals surface area contributed by atoms with E-state index in [0.29, 0.717) is 11.0 Å². The van der Waals surface area contributed by atoms with Crippen molar-refractivity contribution in [3.8, 4) is 11.5 Å². The van der Waals surface area contributed by atoms with E-state index in [4.69, 9.17) is 9.84 Å². The number of ether oxygens (including phenoxy) is 1. The molecule has 2 aromatic carbocycles. The molecule has 0 saturated carbocycles. The van der Waals surface area contributed by atoms with Gasteiger partial charge >= 0.3 is 6.18 Å². The van der Waals surface area contributed by atoms with Crippen molar-refractivity contribution in [2.24, 2.45) is 0 Å². The standard InChI is InChI=1S/C19H12F6N2O4/c20-10-1-2-13(26-14-8-16(29)27(3-4-28)18(14)30)15(7-10)31-17-11(21)5-9(6-12(17)22)19(23,24)25/h1-2,5-8,26,28H,3-4H2. The lowest BCUT2D eigenvalue weighted by atomic mass is 10.2. The second kappa shape index (κ2) is 8.30. The van der Waals surface area contributed by atoms with Crippen LogP contribution in [-0.2, 0) is 15.8 Å². The minimum atomic E-state index is -5.01. The molecular weight excluding hydrogens is 434 g/mol. The number of amides is 2. The highest BCUT2D eigenvalue weighted by molar-refractivity contribution is 6.17.